The zero-order valence-corrected chi connectivity index (χ0v) is 16.7. The number of hydrogen-bond donors (Lipinski definition) is 0. The van der Waals surface area contributed by atoms with Crippen LogP contribution in [0.2, 0.25) is 0 Å². The predicted molar refractivity (Wildman–Crippen MR) is 110 cm³/mol. The van der Waals surface area contributed by atoms with Crippen LogP contribution >= 0.6 is 0 Å². The third kappa shape index (κ3) is 3.68. The van der Waals surface area contributed by atoms with Crippen molar-refractivity contribution in [3.63, 3.8) is 0 Å². The van der Waals surface area contributed by atoms with Crippen molar-refractivity contribution in [2.75, 3.05) is 32.8 Å². The molecule has 3 aromatic rings. The monoisotopic (exact) mass is 392 g/mol. The second-order valence-corrected chi connectivity index (χ2v) is 7.01. The van der Waals surface area contributed by atoms with Crippen molar-refractivity contribution >= 4 is 23.0 Å². The number of aryl methyl sites for hydroxylation is 1. The van der Waals surface area contributed by atoms with Gasteiger partial charge in [0.25, 0.3) is 5.91 Å². The first-order valence-corrected chi connectivity index (χ1v) is 9.84. The maximum atomic E-state index is 13.0. The van der Waals surface area contributed by atoms with Gasteiger partial charge >= 0.3 is 6.09 Å². The zero-order valence-electron chi connectivity index (χ0n) is 16.7. The number of carbonyl (C=O) groups excluding carboxylic acids is 2. The highest BCUT2D eigenvalue weighted by atomic mass is 16.6. The van der Waals surface area contributed by atoms with E-state index in [4.69, 9.17) is 4.74 Å². The van der Waals surface area contributed by atoms with E-state index in [2.05, 4.69) is 9.55 Å². The first-order chi connectivity index (χ1) is 14.1. The standard InChI is InChI=1S/C22H24N4O3/c1-3-29-22(28)25-13-11-24(12-14-25)21(27)17-9-10-20-19(15-17)23-16(2)26(20)18-7-5-4-6-8-18/h4-10,15H,3,11-14H2,1-2H3. The van der Waals surface area contributed by atoms with Crippen molar-refractivity contribution < 1.29 is 14.3 Å². The molecule has 29 heavy (non-hydrogen) atoms. The number of nitrogens with zero attached hydrogens (tertiary/aromatic N) is 4. The lowest BCUT2D eigenvalue weighted by molar-refractivity contribution is 0.0570. The first kappa shape index (κ1) is 19.0. The second-order valence-electron chi connectivity index (χ2n) is 7.01. The van der Waals surface area contributed by atoms with Gasteiger partial charge in [-0.1, -0.05) is 18.2 Å². The number of imidazole rings is 1. The first-order valence-electron chi connectivity index (χ1n) is 9.84. The van der Waals surface area contributed by atoms with Crippen molar-refractivity contribution in [2.45, 2.75) is 13.8 Å². The Morgan fingerprint density at radius 3 is 2.38 bits per heavy atom. The fraction of sp³-hybridized carbons (Fsp3) is 0.318. The lowest BCUT2D eigenvalue weighted by Crippen LogP contribution is -2.50. The van der Waals surface area contributed by atoms with Gasteiger partial charge in [-0.05, 0) is 44.2 Å². The van der Waals surface area contributed by atoms with Crippen molar-refractivity contribution in [1.29, 1.82) is 0 Å². The molecule has 2 heterocycles. The van der Waals surface area contributed by atoms with Crippen molar-refractivity contribution in [2.24, 2.45) is 0 Å². The molecule has 0 bridgehead atoms. The highest BCUT2D eigenvalue weighted by Gasteiger charge is 2.26. The molecule has 0 N–H and O–H groups in total. The molecule has 7 heteroatoms. The molecule has 0 aliphatic carbocycles. The number of amides is 2. The average molecular weight is 392 g/mol. The number of carbonyl (C=O) groups is 2. The number of benzene rings is 2. The fourth-order valence-corrected chi connectivity index (χ4v) is 3.73. The van der Waals surface area contributed by atoms with Crippen LogP contribution in [0.3, 0.4) is 0 Å². The van der Waals surface area contributed by atoms with Crippen LogP contribution in [0.4, 0.5) is 4.79 Å². The summed E-state index contributed by atoms with van der Waals surface area (Å²) in [5.41, 5.74) is 3.42. The minimum Gasteiger partial charge on any atom is -0.450 e. The molecule has 1 saturated heterocycles. The lowest BCUT2D eigenvalue weighted by Gasteiger charge is -2.34. The minimum atomic E-state index is -0.317. The molecule has 0 spiro atoms. The Morgan fingerprint density at radius 2 is 1.69 bits per heavy atom. The summed E-state index contributed by atoms with van der Waals surface area (Å²) < 4.78 is 7.12. The molecule has 1 aliphatic rings. The molecule has 1 aromatic heterocycles. The summed E-state index contributed by atoms with van der Waals surface area (Å²) in [7, 11) is 0. The van der Waals surface area contributed by atoms with Gasteiger partial charge in [0.15, 0.2) is 0 Å². The number of rotatable bonds is 3. The molecule has 0 unspecified atom stereocenters. The number of hydrogen-bond acceptors (Lipinski definition) is 4. The summed E-state index contributed by atoms with van der Waals surface area (Å²) in [5.74, 6) is 0.834. The van der Waals surface area contributed by atoms with Gasteiger partial charge in [-0.3, -0.25) is 9.36 Å². The van der Waals surface area contributed by atoms with Gasteiger partial charge in [-0.2, -0.15) is 0 Å². The summed E-state index contributed by atoms with van der Waals surface area (Å²) in [6.45, 7) is 6.05. The smallest absolute Gasteiger partial charge is 0.409 e. The minimum absolute atomic E-state index is 0.0395. The Morgan fingerprint density at radius 1 is 1.00 bits per heavy atom. The Hall–Kier alpha value is -3.35. The molecule has 0 atom stereocenters. The van der Waals surface area contributed by atoms with Gasteiger partial charge in [0.1, 0.15) is 5.82 Å². The molecule has 0 radical (unpaired) electrons. The third-order valence-corrected chi connectivity index (χ3v) is 5.18. The maximum Gasteiger partial charge on any atom is 0.409 e. The number of piperazine rings is 1. The van der Waals surface area contributed by atoms with E-state index >= 15 is 0 Å². The molecule has 150 valence electrons. The van der Waals surface area contributed by atoms with Crippen LogP contribution in [0.1, 0.15) is 23.1 Å². The van der Waals surface area contributed by atoms with Crippen LogP contribution in [0, 0.1) is 6.92 Å². The van der Waals surface area contributed by atoms with E-state index in [1.807, 2.05) is 55.5 Å². The molecule has 4 rings (SSSR count). The van der Waals surface area contributed by atoms with Gasteiger partial charge in [-0.15, -0.1) is 0 Å². The molecule has 1 fully saturated rings. The van der Waals surface area contributed by atoms with Crippen molar-refractivity contribution in [3.8, 4) is 5.69 Å². The number of aromatic nitrogens is 2. The maximum absolute atomic E-state index is 13.0. The van der Waals surface area contributed by atoms with Crippen LogP contribution in [-0.2, 0) is 4.74 Å². The van der Waals surface area contributed by atoms with E-state index in [9.17, 15) is 9.59 Å². The van der Waals surface area contributed by atoms with Gasteiger partial charge in [0.05, 0.1) is 17.6 Å². The molecular weight excluding hydrogens is 368 g/mol. The fourth-order valence-electron chi connectivity index (χ4n) is 3.73. The van der Waals surface area contributed by atoms with Gasteiger partial charge in [0, 0.05) is 37.4 Å². The SMILES string of the molecule is CCOC(=O)N1CCN(C(=O)c2ccc3c(c2)nc(C)n3-c2ccccc2)CC1. The van der Waals surface area contributed by atoms with E-state index in [0.717, 1.165) is 22.5 Å². The number of fused-ring (bicyclic) bond motifs is 1. The Bertz CT molecular complexity index is 1040. The Labute approximate surface area is 169 Å². The molecule has 2 amide bonds. The van der Waals surface area contributed by atoms with Crippen molar-refractivity contribution in [1.82, 2.24) is 19.4 Å². The molecule has 0 saturated carbocycles. The third-order valence-electron chi connectivity index (χ3n) is 5.18. The summed E-state index contributed by atoms with van der Waals surface area (Å²) in [6, 6.07) is 15.7. The second kappa shape index (κ2) is 7.95. The van der Waals surface area contributed by atoms with E-state index in [-0.39, 0.29) is 12.0 Å². The topological polar surface area (TPSA) is 67.7 Å². The lowest BCUT2D eigenvalue weighted by atomic mass is 10.1. The highest BCUT2D eigenvalue weighted by molar-refractivity contribution is 5.97. The van der Waals surface area contributed by atoms with Crippen LogP contribution in [0.15, 0.2) is 48.5 Å². The molecular formula is C22H24N4O3. The number of para-hydroxylation sites is 1. The van der Waals surface area contributed by atoms with Gasteiger partial charge in [0.2, 0.25) is 0 Å². The summed E-state index contributed by atoms with van der Waals surface area (Å²) in [4.78, 5) is 32.9. The van der Waals surface area contributed by atoms with Crippen LogP contribution < -0.4 is 0 Å². The van der Waals surface area contributed by atoms with Gasteiger partial charge < -0.3 is 14.5 Å². The van der Waals surface area contributed by atoms with E-state index in [0.29, 0.717) is 38.3 Å². The Balaban J connectivity index is 1.53. The molecule has 7 nitrogen and oxygen atoms in total. The number of ether oxygens (including phenoxy) is 1. The average Bonchev–Trinajstić information content (AvgIpc) is 3.09. The van der Waals surface area contributed by atoms with E-state index in [1.165, 1.54) is 0 Å². The van der Waals surface area contributed by atoms with E-state index < -0.39 is 0 Å². The van der Waals surface area contributed by atoms with Crippen molar-refractivity contribution in [3.05, 3.63) is 59.9 Å². The quantitative estimate of drug-likeness (QED) is 0.686. The van der Waals surface area contributed by atoms with Crippen LogP contribution in [0.25, 0.3) is 16.7 Å². The summed E-state index contributed by atoms with van der Waals surface area (Å²) in [6.07, 6.45) is -0.317. The highest BCUT2D eigenvalue weighted by Crippen LogP contribution is 2.23. The Kier molecular flexibility index (Phi) is 5.20. The van der Waals surface area contributed by atoms with Crippen LogP contribution in [0.5, 0.6) is 0 Å². The van der Waals surface area contributed by atoms with Gasteiger partial charge in [-0.25, -0.2) is 9.78 Å². The summed E-state index contributed by atoms with van der Waals surface area (Å²) in [5, 5.41) is 0. The largest absolute Gasteiger partial charge is 0.450 e. The summed E-state index contributed by atoms with van der Waals surface area (Å²) >= 11 is 0. The van der Waals surface area contributed by atoms with Crippen LogP contribution in [-0.4, -0.2) is 64.1 Å². The molecule has 2 aromatic carbocycles. The predicted octanol–water partition coefficient (Wildman–Crippen LogP) is 3.25. The zero-order chi connectivity index (χ0) is 20.4. The molecule has 1 aliphatic heterocycles. The van der Waals surface area contributed by atoms with E-state index in [1.54, 1.807) is 16.7 Å². The normalized spacial score (nSPS) is 14.3.